The lowest BCUT2D eigenvalue weighted by molar-refractivity contribution is 0.102. The maximum atomic E-state index is 12.8. The monoisotopic (exact) mass is 290 g/mol. The lowest BCUT2D eigenvalue weighted by atomic mass is 10.2. The molecular formula is C15H18N2O2S. The average molecular weight is 290 g/mol. The van der Waals surface area contributed by atoms with Crippen molar-refractivity contribution in [1.82, 2.24) is 9.78 Å². The van der Waals surface area contributed by atoms with Crippen molar-refractivity contribution in [1.29, 1.82) is 0 Å². The second-order valence-corrected chi connectivity index (χ2v) is 6.48. The van der Waals surface area contributed by atoms with E-state index in [4.69, 9.17) is 4.74 Å². The van der Waals surface area contributed by atoms with Crippen molar-refractivity contribution in [3.8, 4) is 5.75 Å². The Morgan fingerprint density at radius 2 is 2.25 bits per heavy atom. The molecule has 2 aromatic rings. The molecule has 0 aromatic carbocycles. The van der Waals surface area contributed by atoms with Crippen molar-refractivity contribution in [2.75, 3.05) is 7.11 Å². The van der Waals surface area contributed by atoms with Gasteiger partial charge in [-0.1, -0.05) is 0 Å². The molecule has 0 radical (unpaired) electrons. The van der Waals surface area contributed by atoms with Crippen LogP contribution in [0.1, 0.15) is 52.1 Å². The number of aromatic nitrogens is 2. The molecule has 0 atom stereocenters. The zero-order chi connectivity index (χ0) is 14.3. The number of nitrogens with zero attached hydrogens (tertiary/aromatic N) is 2. The van der Waals surface area contributed by atoms with Crippen LogP contribution in [-0.4, -0.2) is 22.7 Å². The predicted molar refractivity (Wildman–Crippen MR) is 78.9 cm³/mol. The highest BCUT2D eigenvalue weighted by Gasteiger charge is 2.26. The van der Waals surface area contributed by atoms with E-state index in [1.807, 2.05) is 19.9 Å². The van der Waals surface area contributed by atoms with Gasteiger partial charge in [-0.2, -0.15) is 5.10 Å². The number of ketones is 1. The van der Waals surface area contributed by atoms with Crippen LogP contribution in [0.3, 0.4) is 0 Å². The molecule has 0 N–H and O–H groups in total. The molecule has 0 spiro atoms. The highest BCUT2D eigenvalue weighted by molar-refractivity contribution is 7.14. The summed E-state index contributed by atoms with van der Waals surface area (Å²) in [4.78, 5) is 15.0. The van der Waals surface area contributed by atoms with Crippen molar-refractivity contribution in [2.24, 2.45) is 0 Å². The Labute approximate surface area is 122 Å². The lowest BCUT2D eigenvalue weighted by Crippen LogP contribution is -2.13. The molecular weight excluding hydrogens is 272 g/mol. The zero-order valence-corrected chi connectivity index (χ0v) is 12.8. The summed E-state index contributed by atoms with van der Waals surface area (Å²) in [7, 11) is 1.58. The summed E-state index contributed by atoms with van der Waals surface area (Å²) in [6.07, 6.45) is 5.03. The molecule has 1 aliphatic carbocycles. The van der Waals surface area contributed by atoms with Crippen LogP contribution in [0.4, 0.5) is 0 Å². The fourth-order valence-electron chi connectivity index (χ4n) is 2.66. The lowest BCUT2D eigenvalue weighted by Gasteiger charge is -2.10. The zero-order valence-electron chi connectivity index (χ0n) is 12.0. The summed E-state index contributed by atoms with van der Waals surface area (Å²) in [6, 6.07) is 2.18. The van der Waals surface area contributed by atoms with Crippen molar-refractivity contribution < 1.29 is 9.53 Å². The molecule has 0 unspecified atom stereocenters. The molecule has 0 bridgehead atoms. The van der Waals surface area contributed by atoms with E-state index in [0.29, 0.717) is 11.4 Å². The summed E-state index contributed by atoms with van der Waals surface area (Å²) in [6.45, 7) is 4.02. The normalized spacial score (nSPS) is 13.8. The van der Waals surface area contributed by atoms with Crippen LogP contribution >= 0.6 is 11.3 Å². The molecule has 1 aliphatic rings. The van der Waals surface area contributed by atoms with E-state index in [9.17, 15) is 4.79 Å². The number of fused-ring (bicyclic) bond motifs is 1. The molecule has 0 saturated heterocycles. The van der Waals surface area contributed by atoms with E-state index in [1.54, 1.807) is 29.3 Å². The number of methoxy groups -OCH3 is 1. The first-order chi connectivity index (χ1) is 9.61. The van der Waals surface area contributed by atoms with E-state index >= 15 is 0 Å². The Kier molecular flexibility index (Phi) is 3.38. The summed E-state index contributed by atoms with van der Waals surface area (Å²) < 4.78 is 7.04. The van der Waals surface area contributed by atoms with Gasteiger partial charge in [0.2, 0.25) is 5.78 Å². The highest BCUT2D eigenvalue weighted by Crippen LogP contribution is 2.33. The smallest absolute Gasteiger partial charge is 0.224 e. The Balaban J connectivity index is 2.03. The van der Waals surface area contributed by atoms with Crippen molar-refractivity contribution in [3.63, 3.8) is 0 Å². The maximum Gasteiger partial charge on any atom is 0.224 e. The quantitative estimate of drug-likeness (QED) is 0.812. The summed E-state index contributed by atoms with van der Waals surface area (Å²) >= 11 is 1.62. The molecule has 20 heavy (non-hydrogen) atoms. The third kappa shape index (κ3) is 2.06. The van der Waals surface area contributed by atoms with E-state index in [-0.39, 0.29) is 11.8 Å². The van der Waals surface area contributed by atoms with E-state index < -0.39 is 0 Å². The van der Waals surface area contributed by atoms with Crippen LogP contribution in [0, 0.1) is 0 Å². The minimum atomic E-state index is 0.0208. The summed E-state index contributed by atoms with van der Waals surface area (Å²) in [5.41, 5.74) is 1.90. The predicted octanol–water partition coefficient (Wildman–Crippen LogP) is 3.25. The first-order valence-electron chi connectivity index (χ1n) is 6.89. The van der Waals surface area contributed by atoms with Gasteiger partial charge in [0.15, 0.2) is 11.4 Å². The number of carbonyl (C=O) groups is 1. The van der Waals surface area contributed by atoms with Gasteiger partial charge in [-0.3, -0.25) is 9.48 Å². The first-order valence-corrected chi connectivity index (χ1v) is 7.71. The number of rotatable bonds is 4. The number of aryl methyl sites for hydroxylation is 2. The van der Waals surface area contributed by atoms with Crippen LogP contribution in [0.25, 0.3) is 0 Å². The summed E-state index contributed by atoms with van der Waals surface area (Å²) in [5, 5.41) is 4.27. The van der Waals surface area contributed by atoms with Crippen LogP contribution < -0.4 is 4.74 Å². The average Bonchev–Trinajstić information content (AvgIpc) is 3.10. The highest BCUT2D eigenvalue weighted by atomic mass is 32.1. The van der Waals surface area contributed by atoms with Crippen LogP contribution in [-0.2, 0) is 12.8 Å². The first kappa shape index (κ1) is 13.4. The molecule has 5 heteroatoms. The number of carbonyl (C=O) groups excluding carboxylic acids is 1. The van der Waals surface area contributed by atoms with Gasteiger partial charge in [-0.25, -0.2) is 0 Å². The van der Waals surface area contributed by atoms with Gasteiger partial charge in [0.25, 0.3) is 0 Å². The van der Waals surface area contributed by atoms with Gasteiger partial charge in [-0.15, -0.1) is 11.3 Å². The Bertz CT molecular complexity index is 633. The topological polar surface area (TPSA) is 44.1 Å². The third-order valence-electron chi connectivity index (χ3n) is 3.66. The van der Waals surface area contributed by atoms with E-state index in [2.05, 4.69) is 5.10 Å². The SMILES string of the molecule is COc1cnn(C(C)C)c1C(=O)c1cc2c(s1)CCC2. The van der Waals surface area contributed by atoms with Gasteiger partial charge < -0.3 is 4.74 Å². The second-order valence-electron chi connectivity index (χ2n) is 5.34. The van der Waals surface area contributed by atoms with E-state index in [1.165, 1.54) is 16.9 Å². The molecule has 0 fully saturated rings. The molecule has 0 aliphatic heterocycles. The number of thiophene rings is 1. The van der Waals surface area contributed by atoms with Crippen molar-refractivity contribution in [2.45, 2.75) is 39.2 Å². The number of hydrogen-bond acceptors (Lipinski definition) is 4. The largest absolute Gasteiger partial charge is 0.493 e. The Morgan fingerprint density at radius 3 is 2.90 bits per heavy atom. The fourth-order valence-corrected chi connectivity index (χ4v) is 3.86. The van der Waals surface area contributed by atoms with Crippen molar-refractivity contribution in [3.05, 3.63) is 33.3 Å². The van der Waals surface area contributed by atoms with Gasteiger partial charge in [0, 0.05) is 10.9 Å². The molecule has 3 rings (SSSR count). The number of hydrogen-bond donors (Lipinski definition) is 0. The molecule has 0 amide bonds. The fraction of sp³-hybridized carbons (Fsp3) is 0.467. The van der Waals surface area contributed by atoms with E-state index in [0.717, 1.165) is 17.7 Å². The molecule has 4 nitrogen and oxygen atoms in total. The Morgan fingerprint density at radius 1 is 1.45 bits per heavy atom. The Hall–Kier alpha value is -1.62. The van der Waals surface area contributed by atoms with Gasteiger partial charge in [0.05, 0.1) is 18.2 Å². The molecule has 2 aromatic heterocycles. The maximum absolute atomic E-state index is 12.8. The second kappa shape index (κ2) is 5.05. The standard InChI is InChI=1S/C15H18N2O2S/c1-9(2)17-14(11(19-3)8-16-17)15(18)13-7-10-5-4-6-12(10)20-13/h7-9H,4-6H2,1-3H3. The van der Waals surface area contributed by atoms with Gasteiger partial charge in [-0.05, 0) is 44.7 Å². The van der Waals surface area contributed by atoms with Crippen molar-refractivity contribution >= 4 is 17.1 Å². The van der Waals surface area contributed by atoms with Crippen LogP contribution in [0.5, 0.6) is 5.75 Å². The minimum Gasteiger partial charge on any atom is -0.493 e. The molecule has 2 heterocycles. The third-order valence-corrected chi connectivity index (χ3v) is 4.89. The van der Waals surface area contributed by atoms with Crippen LogP contribution in [0.15, 0.2) is 12.3 Å². The minimum absolute atomic E-state index is 0.0208. The molecule has 0 saturated carbocycles. The molecule has 106 valence electrons. The van der Waals surface area contributed by atoms with Crippen LogP contribution in [0.2, 0.25) is 0 Å². The van der Waals surface area contributed by atoms with Gasteiger partial charge >= 0.3 is 0 Å². The summed E-state index contributed by atoms with van der Waals surface area (Å²) in [5.74, 6) is 0.574. The number of ether oxygens (including phenoxy) is 1. The van der Waals surface area contributed by atoms with Gasteiger partial charge in [0.1, 0.15) is 0 Å².